The Balaban J connectivity index is 1.72. The second-order valence-corrected chi connectivity index (χ2v) is 7.40. The molecule has 2 aromatic rings. The van der Waals surface area contributed by atoms with Gasteiger partial charge in [0.2, 0.25) is 0 Å². The molecule has 5 heteroatoms. The van der Waals surface area contributed by atoms with Crippen LogP contribution in [0.5, 0.6) is 0 Å². The lowest BCUT2D eigenvalue weighted by Crippen LogP contribution is -2.32. The van der Waals surface area contributed by atoms with Gasteiger partial charge in [0.1, 0.15) is 11.6 Å². The molecule has 1 fully saturated rings. The molecular weight excluding hydrogens is 322 g/mol. The molecular formula is C20H22F2N2O. The number of anilines is 1. The van der Waals surface area contributed by atoms with Crippen LogP contribution in [0.15, 0.2) is 42.5 Å². The third-order valence-corrected chi connectivity index (χ3v) is 4.49. The second kappa shape index (κ2) is 6.47. The van der Waals surface area contributed by atoms with Gasteiger partial charge in [-0.05, 0) is 28.7 Å². The standard InChI is InChI=1S/C20H22F2N2O/c1-20(2,3)15-6-4-14(5-7-15)13-23-10-11-24(19(23)25)18-9-8-16(21)12-17(18)22/h4-9,12H,10-11,13H2,1-3H3. The average molecular weight is 344 g/mol. The molecule has 0 N–H and O–H groups in total. The first kappa shape index (κ1) is 17.4. The van der Waals surface area contributed by atoms with Crippen LogP contribution in [0.3, 0.4) is 0 Å². The van der Waals surface area contributed by atoms with E-state index in [0.29, 0.717) is 19.6 Å². The molecule has 1 saturated heterocycles. The summed E-state index contributed by atoms with van der Waals surface area (Å²) in [5.74, 6) is -1.37. The number of urea groups is 1. The van der Waals surface area contributed by atoms with E-state index in [1.807, 2.05) is 12.1 Å². The highest BCUT2D eigenvalue weighted by Gasteiger charge is 2.31. The van der Waals surface area contributed by atoms with Gasteiger partial charge in [0.15, 0.2) is 0 Å². The maximum atomic E-state index is 13.9. The number of benzene rings is 2. The van der Waals surface area contributed by atoms with Crippen molar-refractivity contribution in [3.8, 4) is 0 Å². The molecule has 0 radical (unpaired) electrons. The monoisotopic (exact) mass is 344 g/mol. The van der Waals surface area contributed by atoms with Crippen LogP contribution in [-0.4, -0.2) is 24.0 Å². The molecule has 0 bridgehead atoms. The van der Waals surface area contributed by atoms with E-state index in [9.17, 15) is 13.6 Å². The Kier molecular flexibility index (Phi) is 4.50. The smallest absolute Gasteiger partial charge is 0.318 e. The zero-order valence-corrected chi connectivity index (χ0v) is 14.7. The van der Waals surface area contributed by atoms with Gasteiger partial charge in [-0.1, -0.05) is 45.0 Å². The predicted molar refractivity (Wildman–Crippen MR) is 94.7 cm³/mol. The van der Waals surface area contributed by atoms with Crippen molar-refractivity contribution in [1.29, 1.82) is 0 Å². The highest BCUT2D eigenvalue weighted by molar-refractivity contribution is 5.94. The number of amides is 2. The van der Waals surface area contributed by atoms with Crippen molar-refractivity contribution < 1.29 is 13.6 Å². The normalized spacial score (nSPS) is 15.2. The van der Waals surface area contributed by atoms with Gasteiger partial charge in [0, 0.05) is 25.7 Å². The number of rotatable bonds is 3. The van der Waals surface area contributed by atoms with Gasteiger partial charge < -0.3 is 4.90 Å². The molecule has 3 nitrogen and oxygen atoms in total. The first-order chi connectivity index (χ1) is 11.8. The Labute approximate surface area is 146 Å². The van der Waals surface area contributed by atoms with Gasteiger partial charge in [0.25, 0.3) is 0 Å². The number of carbonyl (C=O) groups is 1. The summed E-state index contributed by atoms with van der Waals surface area (Å²) in [5, 5.41) is 0. The molecule has 1 aliphatic heterocycles. The van der Waals surface area contributed by atoms with Crippen molar-refractivity contribution in [3.63, 3.8) is 0 Å². The number of halogens is 2. The van der Waals surface area contributed by atoms with Crippen LogP contribution in [-0.2, 0) is 12.0 Å². The summed E-state index contributed by atoms with van der Waals surface area (Å²) < 4.78 is 27.0. The summed E-state index contributed by atoms with van der Waals surface area (Å²) in [6, 6.07) is 11.2. The Bertz CT molecular complexity index is 781. The third kappa shape index (κ3) is 3.65. The lowest BCUT2D eigenvalue weighted by atomic mass is 9.87. The number of nitrogens with zero attached hydrogens (tertiary/aromatic N) is 2. The summed E-state index contributed by atoms with van der Waals surface area (Å²) in [6.45, 7) is 7.84. The van der Waals surface area contributed by atoms with E-state index >= 15 is 0 Å². The number of hydrogen-bond acceptors (Lipinski definition) is 1. The number of hydrogen-bond donors (Lipinski definition) is 0. The summed E-state index contributed by atoms with van der Waals surface area (Å²) in [7, 11) is 0. The fourth-order valence-electron chi connectivity index (χ4n) is 2.98. The average Bonchev–Trinajstić information content (AvgIpc) is 2.88. The van der Waals surface area contributed by atoms with Crippen molar-refractivity contribution in [2.24, 2.45) is 0 Å². The van der Waals surface area contributed by atoms with Gasteiger partial charge in [-0.15, -0.1) is 0 Å². The first-order valence-electron chi connectivity index (χ1n) is 8.36. The first-order valence-corrected chi connectivity index (χ1v) is 8.36. The lowest BCUT2D eigenvalue weighted by molar-refractivity contribution is 0.218. The van der Waals surface area contributed by atoms with Gasteiger partial charge in [-0.25, -0.2) is 13.6 Å². The van der Waals surface area contributed by atoms with Gasteiger partial charge in [-0.2, -0.15) is 0 Å². The minimum Gasteiger partial charge on any atom is -0.318 e. The Morgan fingerprint density at radius 3 is 2.28 bits per heavy atom. The zero-order valence-electron chi connectivity index (χ0n) is 14.7. The van der Waals surface area contributed by atoms with E-state index in [1.54, 1.807) is 4.90 Å². The van der Waals surface area contributed by atoms with Crippen molar-refractivity contribution in [1.82, 2.24) is 4.90 Å². The SMILES string of the molecule is CC(C)(C)c1ccc(CN2CCN(c3ccc(F)cc3F)C2=O)cc1. The van der Waals surface area contributed by atoms with E-state index in [2.05, 4.69) is 32.9 Å². The van der Waals surface area contributed by atoms with E-state index in [1.165, 1.54) is 22.6 Å². The fourth-order valence-corrected chi connectivity index (χ4v) is 2.98. The molecule has 0 aromatic heterocycles. The molecule has 3 rings (SSSR count). The largest absolute Gasteiger partial charge is 0.325 e. The van der Waals surface area contributed by atoms with Gasteiger partial charge in [-0.3, -0.25) is 4.90 Å². The molecule has 0 unspecified atom stereocenters. The zero-order chi connectivity index (χ0) is 18.2. The summed E-state index contributed by atoms with van der Waals surface area (Å²) >= 11 is 0. The maximum absolute atomic E-state index is 13.9. The molecule has 0 aliphatic carbocycles. The minimum absolute atomic E-state index is 0.0822. The highest BCUT2D eigenvalue weighted by atomic mass is 19.1. The molecule has 1 aliphatic rings. The van der Waals surface area contributed by atoms with E-state index in [-0.39, 0.29) is 17.1 Å². The molecule has 0 spiro atoms. The Hall–Kier alpha value is -2.43. The van der Waals surface area contributed by atoms with Gasteiger partial charge in [0.05, 0.1) is 5.69 Å². The molecule has 132 valence electrons. The van der Waals surface area contributed by atoms with Crippen LogP contribution >= 0.6 is 0 Å². The summed E-state index contributed by atoms with van der Waals surface area (Å²) in [6.07, 6.45) is 0. The van der Waals surface area contributed by atoms with Gasteiger partial charge >= 0.3 is 6.03 Å². The molecule has 2 amide bonds. The molecule has 0 saturated carbocycles. The quantitative estimate of drug-likeness (QED) is 0.791. The van der Waals surface area contributed by atoms with E-state index < -0.39 is 11.6 Å². The summed E-state index contributed by atoms with van der Waals surface area (Å²) in [4.78, 5) is 15.6. The van der Waals surface area contributed by atoms with Crippen molar-refractivity contribution in [2.75, 3.05) is 18.0 Å². The highest BCUT2D eigenvalue weighted by Crippen LogP contribution is 2.26. The van der Waals surface area contributed by atoms with Crippen molar-refractivity contribution in [2.45, 2.75) is 32.7 Å². The Morgan fingerprint density at radius 1 is 1.00 bits per heavy atom. The van der Waals surface area contributed by atoms with Crippen LogP contribution < -0.4 is 4.90 Å². The predicted octanol–water partition coefficient (Wildman–Crippen LogP) is 4.70. The minimum atomic E-state index is -0.718. The van der Waals surface area contributed by atoms with E-state index in [4.69, 9.17) is 0 Å². The van der Waals surface area contributed by atoms with Crippen LogP contribution in [0.1, 0.15) is 31.9 Å². The van der Waals surface area contributed by atoms with Crippen molar-refractivity contribution >= 4 is 11.7 Å². The van der Waals surface area contributed by atoms with Crippen LogP contribution in [0.25, 0.3) is 0 Å². The van der Waals surface area contributed by atoms with Crippen LogP contribution in [0.2, 0.25) is 0 Å². The third-order valence-electron chi connectivity index (χ3n) is 4.49. The lowest BCUT2D eigenvalue weighted by Gasteiger charge is -2.21. The maximum Gasteiger partial charge on any atom is 0.325 e. The Morgan fingerprint density at radius 2 is 1.68 bits per heavy atom. The second-order valence-electron chi connectivity index (χ2n) is 7.40. The summed E-state index contributed by atoms with van der Waals surface area (Å²) in [5.41, 5.74) is 2.47. The van der Waals surface area contributed by atoms with Crippen LogP contribution in [0, 0.1) is 11.6 Å². The fraction of sp³-hybridized carbons (Fsp3) is 0.350. The topological polar surface area (TPSA) is 23.6 Å². The van der Waals surface area contributed by atoms with Crippen LogP contribution in [0.4, 0.5) is 19.3 Å². The van der Waals surface area contributed by atoms with E-state index in [0.717, 1.165) is 11.6 Å². The molecule has 2 aromatic carbocycles. The molecule has 1 heterocycles. The molecule has 25 heavy (non-hydrogen) atoms. The molecule has 0 atom stereocenters. The van der Waals surface area contributed by atoms with Crippen molar-refractivity contribution in [3.05, 3.63) is 65.2 Å². The number of carbonyl (C=O) groups excluding carboxylic acids is 1.